The Morgan fingerprint density at radius 2 is 1.27 bits per heavy atom. The van der Waals surface area contributed by atoms with Crippen molar-refractivity contribution in [2.45, 2.75) is 43.1 Å². The molecule has 0 radical (unpaired) electrons. The Bertz CT molecular complexity index is 2490. The Balaban J connectivity index is 0.000000195. The molecule has 3 aliphatic rings. The zero-order valence-electron chi connectivity index (χ0n) is 32.3. The Kier molecular flexibility index (Phi) is 11.1. The van der Waals surface area contributed by atoms with Gasteiger partial charge in [0.1, 0.15) is 42.4 Å². The van der Waals surface area contributed by atoms with Gasteiger partial charge in [0.25, 0.3) is 0 Å². The largest absolute Gasteiger partial charge is 0.497 e. The highest BCUT2D eigenvalue weighted by molar-refractivity contribution is 5.89. The van der Waals surface area contributed by atoms with Crippen LogP contribution in [0.4, 0.5) is 4.79 Å². The van der Waals surface area contributed by atoms with E-state index >= 15 is 0 Å². The second-order valence-corrected chi connectivity index (χ2v) is 14.5. The molecule has 6 aromatic rings. The number of carboxylic acid groups (broad SMARTS) is 2. The van der Waals surface area contributed by atoms with E-state index in [0.717, 1.165) is 49.5 Å². The van der Waals surface area contributed by atoms with Gasteiger partial charge in [-0.15, -0.1) is 0 Å². The highest BCUT2D eigenvalue weighted by Crippen LogP contribution is 2.44. The third-order valence-electron chi connectivity index (χ3n) is 10.9. The van der Waals surface area contributed by atoms with E-state index in [2.05, 4.69) is 27.4 Å². The number of fused-ring (bicyclic) bond motifs is 5. The van der Waals surface area contributed by atoms with Gasteiger partial charge in [-0.05, 0) is 81.6 Å². The van der Waals surface area contributed by atoms with Crippen LogP contribution in [-0.4, -0.2) is 101 Å². The Labute approximate surface area is 339 Å². The fraction of sp³-hybridized carbons (Fsp3) is 0.267. The first-order valence-corrected chi connectivity index (χ1v) is 19.2. The maximum atomic E-state index is 13.2. The number of nitrogens with one attached hydrogen (secondary N) is 1. The summed E-state index contributed by atoms with van der Waals surface area (Å²) in [5.74, 6) is 0.329. The fourth-order valence-corrected chi connectivity index (χ4v) is 7.99. The minimum Gasteiger partial charge on any atom is -0.497 e. The molecule has 14 heteroatoms. The van der Waals surface area contributed by atoms with Gasteiger partial charge < -0.3 is 39.2 Å². The molecule has 302 valence electrons. The zero-order chi connectivity index (χ0) is 41.0. The van der Waals surface area contributed by atoms with Crippen molar-refractivity contribution in [1.29, 1.82) is 0 Å². The van der Waals surface area contributed by atoms with Crippen LogP contribution in [0.5, 0.6) is 23.3 Å². The molecular weight excluding hydrogens is 757 g/mol. The van der Waals surface area contributed by atoms with E-state index < -0.39 is 36.2 Å². The minimum absolute atomic E-state index is 0.0852. The molecular formula is C45H42N4O10. The van der Waals surface area contributed by atoms with Crippen molar-refractivity contribution < 1.29 is 48.3 Å². The van der Waals surface area contributed by atoms with E-state index in [9.17, 15) is 19.5 Å². The molecule has 3 N–H and O–H groups in total. The first-order chi connectivity index (χ1) is 28.7. The molecule has 14 nitrogen and oxygen atoms in total. The first-order valence-electron chi connectivity index (χ1n) is 19.2. The van der Waals surface area contributed by atoms with Gasteiger partial charge in [-0.2, -0.15) is 0 Å². The van der Waals surface area contributed by atoms with Gasteiger partial charge in [0.05, 0.1) is 20.8 Å². The lowest BCUT2D eigenvalue weighted by Gasteiger charge is -2.22. The molecule has 4 heterocycles. The molecule has 1 amide bonds. The number of aliphatic carboxylic acids is 2. The molecule has 59 heavy (non-hydrogen) atoms. The van der Waals surface area contributed by atoms with Crippen molar-refractivity contribution in [2.75, 3.05) is 33.9 Å². The minimum atomic E-state index is -1.10. The van der Waals surface area contributed by atoms with E-state index in [1.807, 2.05) is 84.9 Å². The van der Waals surface area contributed by atoms with Crippen LogP contribution >= 0.6 is 0 Å². The molecule has 4 aromatic carbocycles. The zero-order valence-corrected chi connectivity index (χ0v) is 32.3. The SMILES string of the molecule is COc1ccc2c(O[C@@H]3C[C@@H](C(=O)O)N(C(=O)OCC4c5ccccc5-c5ccccc54)C3)nccc2c1.COc1ccc2c(O[C@H]3CN[C@H](C(=O)O)C3)nccc2c1. The second kappa shape index (κ2) is 16.9. The van der Waals surface area contributed by atoms with E-state index in [4.69, 9.17) is 28.8 Å². The Morgan fingerprint density at radius 1 is 0.712 bits per heavy atom. The smallest absolute Gasteiger partial charge is 0.410 e. The summed E-state index contributed by atoms with van der Waals surface area (Å²) in [5.41, 5.74) is 4.44. The average molecular weight is 799 g/mol. The van der Waals surface area contributed by atoms with Gasteiger partial charge in [-0.1, -0.05) is 48.5 Å². The number of rotatable bonds is 10. The normalized spacial score (nSPS) is 19.3. The van der Waals surface area contributed by atoms with E-state index in [1.54, 1.807) is 26.6 Å². The maximum absolute atomic E-state index is 13.2. The molecule has 0 bridgehead atoms. The summed E-state index contributed by atoms with van der Waals surface area (Å²) in [6.07, 6.45) is 2.47. The predicted molar refractivity (Wildman–Crippen MR) is 217 cm³/mol. The van der Waals surface area contributed by atoms with Gasteiger partial charge in [-0.3, -0.25) is 9.69 Å². The van der Waals surface area contributed by atoms with Crippen molar-refractivity contribution in [1.82, 2.24) is 20.2 Å². The molecule has 2 aliphatic heterocycles. The van der Waals surface area contributed by atoms with Crippen LogP contribution in [0.2, 0.25) is 0 Å². The number of aromatic nitrogens is 2. The summed E-state index contributed by atoms with van der Waals surface area (Å²) in [4.78, 5) is 46.0. The summed E-state index contributed by atoms with van der Waals surface area (Å²) in [5, 5.41) is 25.3. The van der Waals surface area contributed by atoms with Gasteiger partial charge in [0, 0.05) is 48.5 Å². The van der Waals surface area contributed by atoms with Gasteiger partial charge >= 0.3 is 18.0 Å². The summed E-state index contributed by atoms with van der Waals surface area (Å²) in [6.45, 7) is 0.709. The summed E-state index contributed by atoms with van der Waals surface area (Å²) in [7, 11) is 3.22. The number of amides is 1. The van der Waals surface area contributed by atoms with Crippen molar-refractivity contribution >= 4 is 39.6 Å². The molecule has 1 aliphatic carbocycles. The Morgan fingerprint density at radius 3 is 1.80 bits per heavy atom. The van der Waals surface area contributed by atoms with E-state index in [0.29, 0.717) is 30.5 Å². The number of ether oxygens (including phenoxy) is 5. The number of nitrogens with zero attached hydrogens (tertiary/aromatic N) is 3. The third-order valence-corrected chi connectivity index (χ3v) is 10.9. The monoisotopic (exact) mass is 798 g/mol. The first kappa shape index (κ1) is 38.9. The van der Waals surface area contributed by atoms with Crippen LogP contribution in [0.1, 0.15) is 29.9 Å². The number of hydrogen-bond donors (Lipinski definition) is 3. The van der Waals surface area contributed by atoms with Crippen molar-refractivity contribution in [3.8, 4) is 34.4 Å². The number of methoxy groups -OCH3 is 2. The lowest BCUT2D eigenvalue weighted by Crippen LogP contribution is -2.41. The second-order valence-electron chi connectivity index (χ2n) is 14.5. The van der Waals surface area contributed by atoms with Crippen molar-refractivity contribution in [2.24, 2.45) is 0 Å². The standard InChI is InChI=1S/C30H26N2O6.C15H16N2O4/c1-36-19-10-11-21-18(14-19)12-13-31-28(21)38-20-15-27(29(33)34)32(16-20)30(35)37-17-26-24-8-4-2-6-22(24)23-7-3-5-9-25(23)26;1-20-10-2-3-12-9(6-10)4-5-16-14(12)21-11-7-13(15(18)19)17-8-11/h2-14,20,26-27H,15-17H2,1H3,(H,33,34);2-6,11,13,17H,7-8H2,1H3,(H,18,19)/t20-,27+;11-,13+/m11/s1. The van der Waals surface area contributed by atoms with Crippen LogP contribution in [0, 0.1) is 0 Å². The number of carbonyl (C=O) groups is 3. The maximum Gasteiger partial charge on any atom is 0.410 e. The summed E-state index contributed by atoms with van der Waals surface area (Å²) < 4.78 is 28.2. The number of pyridine rings is 2. The Hall–Kier alpha value is -6.93. The van der Waals surface area contributed by atoms with E-state index in [1.165, 1.54) is 4.90 Å². The number of carboxylic acids is 2. The molecule has 4 atom stereocenters. The molecule has 0 unspecified atom stereocenters. The predicted octanol–water partition coefficient (Wildman–Crippen LogP) is 6.54. The topological polar surface area (TPSA) is 179 Å². The number of likely N-dealkylation sites (tertiary alicyclic amines) is 1. The number of benzene rings is 4. The van der Waals surface area contributed by atoms with Crippen LogP contribution in [0.15, 0.2) is 109 Å². The van der Waals surface area contributed by atoms with Crippen LogP contribution in [0.25, 0.3) is 32.7 Å². The van der Waals surface area contributed by atoms with E-state index in [-0.39, 0.29) is 31.6 Å². The highest BCUT2D eigenvalue weighted by atomic mass is 16.6. The van der Waals surface area contributed by atoms with Gasteiger partial charge in [0.2, 0.25) is 11.8 Å². The molecule has 2 saturated heterocycles. The van der Waals surface area contributed by atoms with Gasteiger partial charge in [-0.25, -0.2) is 19.6 Å². The lowest BCUT2D eigenvalue weighted by molar-refractivity contribution is -0.142. The fourth-order valence-electron chi connectivity index (χ4n) is 7.99. The highest BCUT2D eigenvalue weighted by Gasteiger charge is 2.42. The molecule has 0 spiro atoms. The molecule has 9 rings (SSSR count). The number of hydrogen-bond acceptors (Lipinski definition) is 11. The third kappa shape index (κ3) is 8.12. The van der Waals surface area contributed by atoms with Gasteiger partial charge in [0.15, 0.2) is 0 Å². The average Bonchev–Trinajstić information content (AvgIpc) is 3.99. The summed E-state index contributed by atoms with van der Waals surface area (Å²) >= 11 is 0. The van der Waals surface area contributed by atoms with Crippen LogP contribution in [-0.2, 0) is 14.3 Å². The number of carbonyl (C=O) groups excluding carboxylic acids is 1. The molecule has 2 aromatic heterocycles. The van der Waals surface area contributed by atoms with Crippen molar-refractivity contribution in [3.05, 3.63) is 121 Å². The molecule has 0 saturated carbocycles. The lowest BCUT2D eigenvalue weighted by atomic mass is 9.98. The van der Waals surface area contributed by atoms with Crippen LogP contribution < -0.4 is 24.3 Å². The van der Waals surface area contributed by atoms with Crippen molar-refractivity contribution in [3.63, 3.8) is 0 Å². The quantitative estimate of drug-likeness (QED) is 0.136. The summed E-state index contributed by atoms with van der Waals surface area (Å²) in [6, 6.07) is 29.5. The van der Waals surface area contributed by atoms with Crippen LogP contribution in [0.3, 0.4) is 0 Å². The molecule has 2 fully saturated rings.